The first-order chi connectivity index (χ1) is 7.14. The molecule has 1 amide bonds. The second-order valence-electron chi connectivity index (χ2n) is 4.43. The fourth-order valence-corrected chi connectivity index (χ4v) is 2.15. The van der Waals surface area contributed by atoms with Gasteiger partial charge in [0.05, 0.1) is 12.1 Å². The summed E-state index contributed by atoms with van der Waals surface area (Å²) in [7, 11) is 1.67. The summed E-state index contributed by atoms with van der Waals surface area (Å²) in [5.74, 6) is 0.305. The summed E-state index contributed by atoms with van der Waals surface area (Å²) in [6, 6.07) is 0. The number of carbonyl (C=O) groups excluding carboxylic acids is 1. The summed E-state index contributed by atoms with van der Waals surface area (Å²) >= 11 is 0. The first kappa shape index (κ1) is 12.5. The molecule has 1 rings (SSSR count). The summed E-state index contributed by atoms with van der Waals surface area (Å²) in [6.45, 7) is 3.59. The number of hydrogen-bond donors (Lipinski definition) is 2. The van der Waals surface area contributed by atoms with Crippen molar-refractivity contribution in [2.24, 2.45) is 11.7 Å². The Bertz CT molecular complexity index is 217. The lowest BCUT2D eigenvalue weighted by Gasteiger charge is -2.33. The number of methoxy groups -OCH3 is 1. The SMILES string of the molecule is CCCNC(COC)(CC(N)=O)C1CC1. The van der Waals surface area contributed by atoms with Crippen LogP contribution in [0.3, 0.4) is 0 Å². The van der Waals surface area contributed by atoms with Gasteiger partial charge in [0.15, 0.2) is 0 Å². The van der Waals surface area contributed by atoms with Crippen LogP contribution in [-0.2, 0) is 9.53 Å². The predicted octanol–water partition coefficient (Wildman–Crippen LogP) is 0.657. The second kappa shape index (κ2) is 5.47. The van der Waals surface area contributed by atoms with Gasteiger partial charge < -0.3 is 15.8 Å². The van der Waals surface area contributed by atoms with Crippen molar-refractivity contribution < 1.29 is 9.53 Å². The fraction of sp³-hybridized carbons (Fsp3) is 0.909. The topological polar surface area (TPSA) is 64.3 Å². The van der Waals surface area contributed by atoms with Gasteiger partial charge in [0.2, 0.25) is 5.91 Å². The average molecular weight is 214 g/mol. The Labute approximate surface area is 91.5 Å². The van der Waals surface area contributed by atoms with Crippen LogP contribution in [0, 0.1) is 5.92 Å². The van der Waals surface area contributed by atoms with Crippen molar-refractivity contribution >= 4 is 5.91 Å². The Morgan fingerprint density at radius 2 is 2.27 bits per heavy atom. The van der Waals surface area contributed by atoms with Gasteiger partial charge in [0.25, 0.3) is 0 Å². The standard InChI is InChI=1S/C11H22N2O2/c1-3-6-13-11(8-15-2,7-10(12)14)9-4-5-9/h9,13H,3-8H2,1-2H3,(H2,12,14). The summed E-state index contributed by atoms with van der Waals surface area (Å²) in [4.78, 5) is 11.1. The number of hydrogen-bond acceptors (Lipinski definition) is 3. The van der Waals surface area contributed by atoms with Crippen molar-refractivity contribution in [1.29, 1.82) is 0 Å². The molecule has 1 aliphatic rings. The zero-order valence-corrected chi connectivity index (χ0v) is 9.71. The monoisotopic (exact) mass is 214 g/mol. The quantitative estimate of drug-likeness (QED) is 0.624. The van der Waals surface area contributed by atoms with E-state index in [1.54, 1.807) is 7.11 Å². The van der Waals surface area contributed by atoms with Crippen LogP contribution in [0.2, 0.25) is 0 Å². The molecular weight excluding hydrogens is 192 g/mol. The van der Waals surface area contributed by atoms with E-state index in [0.29, 0.717) is 18.9 Å². The first-order valence-electron chi connectivity index (χ1n) is 5.67. The van der Waals surface area contributed by atoms with Gasteiger partial charge >= 0.3 is 0 Å². The molecule has 3 N–H and O–H groups in total. The highest BCUT2D eigenvalue weighted by molar-refractivity contribution is 5.75. The smallest absolute Gasteiger partial charge is 0.219 e. The fourth-order valence-electron chi connectivity index (χ4n) is 2.15. The Morgan fingerprint density at radius 1 is 1.60 bits per heavy atom. The Hall–Kier alpha value is -0.610. The van der Waals surface area contributed by atoms with Gasteiger partial charge in [-0.3, -0.25) is 4.79 Å². The van der Waals surface area contributed by atoms with E-state index >= 15 is 0 Å². The summed E-state index contributed by atoms with van der Waals surface area (Å²) in [5, 5.41) is 3.45. The van der Waals surface area contributed by atoms with Crippen molar-refractivity contribution in [3.05, 3.63) is 0 Å². The summed E-state index contributed by atoms with van der Waals surface area (Å²) in [5.41, 5.74) is 5.10. The molecule has 0 heterocycles. The largest absolute Gasteiger partial charge is 0.383 e. The lowest BCUT2D eigenvalue weighted by Crippen LogP contribution is -2.53. The summed E-state index contributed by atoms with van der Waals surface area (Å²) in [6.07, 6.45) is 3.78. The van der Waals surface area contributed by atoms with E-state index in [0.717, 1.165) is 13.0 Å². The third-order valence-corrected chi connectivity index (χ3v) is 2.98. The van der Waals surface area contributed by atoms with E-state index in [4.69, 9.17) is 10.5 Å². The first-order valence-corrected chi connectivity index (χ1v) is 5.67. The number of nitrogens with two attached hydrogens (primary N) is 1. The van der Waals surface area contributed by atoms with Gasteiger partial charge in [0, 0.05) is 13.5 Å². The highest BCUT2D eigenvalue weighted by Crippen LogP contribution is 2.41. The maximum atomic E-state index is 11.1. The van der Waals surface area contributed by atoms with Crippen LogP contribution in [-0.4, -0.2) is 31.7 Å². The molecule has 0 spiro atoms. The van der Waals surface area contributed by atoms with Crippen LogP contribution in [0.1, 0.15) is 32.6 Å². The van der Waals surface area contributed by atoms with Crippen molar-refractivity contribution in [3.63, 3.8) is 0 Å². The van der Waals surface area contributed by atoms with Gasteiger partial charge in [-0.25, -0.2) is 0 Å². The molecule has 0 bridgehead atoms. The zero-order chi connectivity index (χ0) is 11.3. The molecule has 0 radical (unpaired) electrons. The average Bonchev–Trinajstić information content (AvgIpc) is 2.97. The Balaban J connectivity index is 2.63. The molecule has 1 atom stereocenters. The van der Waals surface area contributed by atoms with Crippen LogP contribution in [0.25, 0.3) is 0 Å². The number of ether oxygens (including phenoxy) is 1. The lowest BCUT2D eigenvalue weighted by atomic mass is 9.89. The van der Waals surface area contributed by atoms with Crippen LogP contribution in [0.15, 0.2) is 0 Å². The van der Waals surface area contributed by atoms with E-state index in [1.165, 1.54) is 12.8 Å². The predicted molar refractivity (Wildman–Crippen MR) is 59.4 cm³/mol. The molecule has 0 aromatic rings. The summed E-state index contributed by atoms with van der Waals surface area (Å²) < 4.78 is 5.24. The molecule has 15 heavy (non-hydrogen) atoms. The minimum absolute atomic E-state index is 0.212. The molecule has 1 unspecified atom stereocenters. The third-order valence-electron chi connectivity index (χ3n) is 2.98. The molecule has 0 aliphatic heterocycles. The highest BCUT2D eigenvalue weighted by atomic mass is 16.5. The Morgan fingerprint density at radius 3 is 2.67 bits per heavy atom. The number of amides is 1. The van der Waals surface area contributed by atoms with Crippen molar-refractivity contribution in [1.82, 2.24) is 5.32 Å². The minimum atomic E-state index is -0.248. The number of rotatable bonds is 8. The van der Waals surface area contributed by atoms with E-state index in [-0.39, 0.29) is 11.4 Å². The zero-order valence-electron chi connectivity index (χ0n) is 9.71. The minimum Gasteiger partial charge on any atom is -0.383 e. The molecule has 0 aromatic heterocycles. The van der Waals surface area contributed by atoms with E-state index < -0.39 is 0 Å². The van der Waals surface area contributed by atoms with Crippen LogP contribution in [0.5, 0.6) is 0 Å². The van der Waals surface area contributed by atoms with Gasteiger partial charge in [-0.2, -0.15) is 0 Å². The maximum absolute atomic E-state index is 11.1. The van der Waals surface area contributed by atoms with E-state index in [9.17, 15) is 4.79 Å². The number of nitrogens with one attached hydrogen (secondary N) is 1. The maximum Gasteiger partial charge on any atom is 0.219 e. The molecule has 0 aromatic carbocycles. The normalized spacial score (nSPS) is 19.9. The second-order valence-corrected chi connectivity index (χ2v) is 4.43. The lowest BCUT2D eigenvalue weighted by molar-refractivity contribution is -0.120. The van der Waals surface area contributed by atoms with Crippen LogP contribution < -0.4 is 11.1 Å². The van der Waals surface area contributed by atoms with Gasteiger partial charge in [-0.1, -0.05) is 6.92 Å². The number of carbonyl (C=O) groups is 1. The van der Waals surface area contributed by atoms with Crippen molar-refractivity contribution in [3.8, 4) is 0 Å². The van der Waals surface area contributed by atoms with E-state index in [1.807, 2.05) is 0 Å². The van der Waals surface area contributed by atoms with Crippen molar-refractivity contribution in [2.75, 3.05) is 20.3 Å². The highest BCUT2D eigenvalue weighted by Gasteiger charge is 2.45. The van der Waals surface area contributed by atoms with Crippen LogP contribution in [0.4, 0.5) is 0 Å². The van der Waals surface area contributed by atoms with E-state index in [2.05, 4.69) is 12.2 Å². The van der Waals surface area contributed by atoms with Gasteiger partial charge in [0.1, 0.15) is 0 Å². The molecule has 1 aliphatic carbocycles. The molecule has 88 valence electrons. The third kappa shape index (κ3) is 3.47. The Kier molecular flexibility index (Phi) is 4.54. The van der Waals surface area contributed by atoms with Crippen LogP contribution >= 0.6 is 0 Å². The van der Waals surface area contributed by atoms with Crippen molar-refractivity contribution in [2.45, 2.75) is 38.1 Å². The molecule has 4 heteroatoms. The van der Waals surface area contributed by atoms with Gasteiger partial charge in [-0.15, -0.1) is 0 Å². The molecule has 4 nitrogen and oxygen atoms in total. The molecule has 0 saturated heterocycles. The molecule has 1 saturated carbocycles. The molecular formula is C11H22N2O2. The van der Waals surface area contributed by atoms with Gasteiger partial charge in [-0.05, 0) is 31.7 Å². The number of primary amides is 1. The molecule has 1 fully saturated rings.